The Balaban J connectivity index is 2.25. The first-order chi connectivity index (χ1) is 7.11. The monoisotopic (exact) mass is 217 g/mol. The molecule has 0 spiro atoms. The molecule has 0 aromatic heterocycles. The molecule has 1 unspecified atom stereocenters. The second-order valence-corrected chi connectivity index (χ2v) is 3.20. The molecule has 1 aliphatic rings. The van der Waals surface area contributed by atoms with Gasteiger partial charge in [-0.2, -0.15) is 0 Å². The number of nitrogens with zero attached hydrogens (tertiary/aromatic N) is 1. The van der Waals surface area contributed by atoms with Crippen molar-refractivity contribution in [1.82, 2.24) is 10.2 Å². The van der Waals surface area contributed by atoms with Gasteiger partial charge in [0.25, 0.3) is 0 Å². The highest BCUT2D eigenvalue weighted by molar-refractivity contribution is 5.80. The van der Waals surface area contributed by atoms with Crippen molar-refractivity contribution in [2.45, 2.75) is 6.10 Å². The Bertz CT molecular complexity index is 240. The van der Waals surface area contributed by atoms with Crippen molar-refractivity contribution in [3.05, 3.63) is 0 Å². The standard InChI is InChI=1S/C8H15N3O4/c9-7(13)6(12)5-10-8(14)11-1-3-15-4-2-11/h6,12H,1-5H2,(H2,9,13)(H,10,14). The number of nitrogens with two attached hydrogens (primary N) is 1. The molecule has 0 bridgehead atoms. The van der Waals surface area contributed by atoms with Gasteiger partial charge in [-0.05, 0) is 0 Å². The van der Waals surface area contributed by atoms with Crippen LogP contribution in [0.25, 0.3) is 0 Å². The molecule has 1 atom stereocenters. The van der Waals surface area contributed by atoms with Crippen LogP contribution in [0, 0.1) is 0 Å². The van der Waals surface area contributed by atoms with Gasteiger partial charge in [-0.15, -0.1) is 0 Å². The van der Waals surface area contributed by atoms with Gasteiger partial charge in [0.15, 0.2) is 0 Å². The highest BCUT2D eigenvalue weighted by atomic mass is 16.5. The van der Waals surface area contributed by atoms with Crippen molar-refractivity contribution in [3.63, 3.8) is 0 Å². The van der Waals surface area contributed by atoms with Gasteiger partial charge in [-0.25, -0.2) is 4.79 Å². The van der Waals surface area contributed by atoms with Crippen LogP contribution in [0.15, 0.2) is 0 Å². The summed E-state index contributed by atoms with van der Waals surface area (Å²) >= 11 is 0. The number of nitrogens with one attached hydrogen (secondary N) is 1. The molecule has 1 rings (SSSR count). The van der Waals surface area contributed by atoms with Crippen molar-refractivity contribution in [2.24, 2.45) is 5.73 Å². The third-order valence-electron chi connectivity index (χ3n) is 2.07. The summed E-state index contributed by atoms with van der Waals surface area (Å²) in [4.78, 5) is 23.4. The molecule has 1 saturated heterocycles. The van der Waals surface area contributed by atoms with E-state index in [1.165, 1.54) is 0 Å². The number of aliphatic hydroxyl groups is 1. The van der Waals surface area contributed by atoms with Crippen LogP contribution in [0.3, 0.4) is 0 Å². The van der Waals surface area contributed by atoms with E-state index < -0.39 is 12.0 Å². The molecule has 86 valence electrons. The topological polar surface area (TPSA) is 105 Å². The Hall–Kier alpha value is -1.34. The lowest BCUT2D eigenvalue weighted by atomic mass is 10.3. The second-order valence-electron chi connectivity index (χ2n) is 3.20. The Morgan fingerprint density at radius 1 is 1.47 bits per heavy atom. The Labute approximate surface area is 87.2 Å². The van der Waals surface area contributed by atoms with Gasteiger partial charge >= 0.3 is 6.03 Å². The first-order valence-corrected chi connectivity index (χ1v) is 4.69. The maximum Gasteiger partial charge on any atom is 0.317 e. The molecule has 0 aromatic rings. The van der Waals surface area contributed by atoms with Crippen LogP contribution in [0.2, 0.25) is 0 Å². The lowest BCUT2D eigenvalue weighted by Gasteiger charge is -2.27. The molecule has 15 heavy (non-hydrogen) atoms. The maximum absolute atomic E-state index is 11.4. The highest BCUT2D eigenvalue weighted by Gasteiger charge is 2.18. The lowest BCUT2D eigenvalue weighted by Crippen LogP contribution is -2.49. The van der Waals surface area contributed by atoms with Crippen molar-refractivity contribution in [1.29, 1.82) is 0 Å². The zero-order valence-electron chi connectivity index (χ0n) is 8.31. The summed E-state index contributed by atoms with van der Waals surface area (Å²) in [7, 11) is 0. The van der Waals surface area contributed by atoms with Crippen molar-refractivity contribution < 1.29 is 19.4 Å². The molecule has 0 aromatic carbocycles. The summed E-state index contributed by atoms with van der Waals surface area (Å²) in [6.07, 6.45) is -1.34. The molecule has 0 saturated carbocycles. The zero-order chi connectivity index (χ0) is 11.3. The number of ether oxygens (including phenoxy) is 1. The number of rotatable bonds is 3. The van der Waals surface area contributed by atoms with Gasteiger partial charge < -0.3 is 25.8 Å². The van der Waals surface area contributed by atoms with E-state index in [1.54, 1.807) is 4.90 Å². The summed E-state index contributed by atoms with van der Waals surface area (Å²) in [6, 6.07) is -0.321. The number of hydrogen-bond acceptors (Lipinski definition) is 4. The Morgan fingerprint density at radius 3 is 2.60 bits per heavy atom. The molecule has 0 radical (unpaired) electrons. The van der Waals surface area contributed by atoms with E-state index in [0.717, 1.165) is 0 Å². The quantitative estimate of drug-likeness (QED) is 0.502. The van der Waals surface area contributed by atoms with Gasteiger partial charge in [0.1, 0.15) is 6.10 Å². The van der Waals surface area contributed by atoms with Gasteiger partial charge in [-0.3, -0.25) is 4.79 Å². The molecular weight excluding hydrogens is 202 g/mol. The van der Waals surface area contributed by atoms with Crippen LogP contribution in [0.5, 0.6) is 0 Å². The normalized spacial score (nSPS) is 18.3. The highest BCUT2D eigenvalue weighted by Crippen LogP contribution is 1.96. The molecule has 7 nitrogen and oxygen atoms in total. The predicted octanol–water partition coefficient (Wildman–Crippen LogP) is -2.13. The van der Waals surface area contributed by atoms with E-state index in [-0.39, 0.29) is 12.6 Å². The van der Waals surface area contributed by atoms with Crippen molar-refractivity contribution in [2.75, 3.05) is 32.8 Å². The molecule has 3 amide bonds. The number of amides is 3. The van der Waals surface area contributed by atoms with E-state index >= 15 is 0 Å². The van der Waals surface area contributed by atoms with E-state index in [2.05, 4.69) is 5.32 Å². The van der Waals surface area contributed by atoms with Crippen LogP contribution >= 0.6 is 0 Å². The number of carbonyl (C=O) groups excluding carboxylic acids is 2. The lowest BCUT2D eigenvalue weighted by molar-refractivity contribution is -0.125. The largest absolute Gasteiger partial charge is 0.381 e. The van der Waals surface area contributed by atoms with Crippen molar-refractivity contribution in [3.8, 4) is 0 Å². The summed E-state index contributed by atoms with van der Waals surface area (Å²) < 4.78 is 5.07. The minimum atomic E-state index is -1.34. The molecule has 1 fully saturated rings. The molecule has 1 aliphatic heterocycles. The van der Waals surface area contributed by atoms with Crippen LogP contribution in [-0.2, 0) is 9.53 Å². The molecule has 0 aliphatic carbocycles. The van der Waals surface area contributed by atoms with Crippen LogP contribution in [0.4, 0.5) is 4.79 Å². The predicted molar refractivity (Wildman–Crippen MR) is 51.0 cm³/mol. The van der Waals surface area contributed by atoms with E-state index in [9.17, 15) is 9.59 Å². The Morgan fingerprint density at radius 2 is 2.07 bits per heavy atom. The van der Waals surface area contributed by atoms with Gasteiger partial charge in [0.2, 0.25) is 5.91 Å². The Kier molecular flexibility index (Phi) is 4.32. The number of carbonyl (C=O) groups is 2. The third kappa shape index (κ3) is 3.72. The molecular formula is C8H15N3O4. The fourth-order valence-corrected chi connectivity index (χ4v) is 1.16. The zero-order valence-corrected chi connectivity index (χ0v) is 8.31. The van der Waals surface area contributed by atoms with E-state index in [1.807, 2.05) is 0 Å². The van der Waals surface area contributed by atoms with E-state index in [4.69, 9.17) is 15.6 Å². The van der Waals surface area contributed by atoms with Crippen LogP contribution in [0.1, 0.15) is 0 Å². The molecule has 4 N–H and O–H groups in total. The maximum atomic E-state index is 11.4. The molecule has 1 heterocycles. The molecule has 7 heteroatoms. The van der Waals surface area contributed by atoms with E-state index in [0.29, 0.717) is 26.3 Å². The first kappa shape index (κ1) is 11.7. The van der Waals surface area contributed by atoms with Crippen molar-refractivity contribution >= 4 is 11.9 Å². The summed E-state index contributed by atoms with van der Waals surface area (Å²) in [5, 5.41) is 11.5. The average molecular weight is 217 g/mol. The summed E-state index contributed by atoms with van der Waals surface area (Å²) in [5.41, 5.74) is 4.83. The number of morpholine rings is 1. The fraction of sp³-hybridized carbons (Fsp3) is 0.750. The minimum absolute atomic E-state index is 0.161. The van der Waals surface area contributed by atoms with Gasteiger partial charge in [-0.1, -0.05) is 0 Å². The number of primary amides is 1. The number of aliphatic hydroxyl groups excluding tert-OH is 1. The average Bonchev–Trinajstić information content (AvgIpc) is 2.26. The first-order valence-electron chi connectivity index (χ1n) is 4.69. The number of urea groups is 1. The minimum Gasteiger partial charge on any atom is -0.381 e. The fourth-order valence-electron chi connectivity index (χ4n) is 1.16. The van der Waals surface area contributed by atoms with Crippen LogP contribution in [-0.4, -0.2) is 60.9 Å². The summed E-state index contributed by atoms with van der Waals surface area (Å²) in [5.74, 6) is -0.850. The smallest absolute Gasteiger partial charge is 0.317 e. The van der Waals surface area contributed by atoms with Gasteiger partial charge in [0, 0.05) is 13.1 Å². The summed E-state index contributed by atoms with van der Waals surface area (Å²) in [6.45, 7) is 1.88. The third-order valence-corrected chi connectivity index (χ3v) is 2.07. The van der Waals surface area contributed by atoms with Gasteiger partial charge in [0.05, 0.1) is 19.8 Å². The second kappa shape index (κ2) is 5.52. The number of hydrogen-bond donors (Lipinski definition) is 3. The SMILES string of the molecule is NC(=O)C(O)CNC(=O)N1CCOCC1. The van der Waals surface area contributed by atoms with Crippen LogP contribution < -0.4 is 11.1 Å².